The van der Waals surface area contributed by atoms with Gasteiger partial charge in [-0.05, 0) is 43.9 Å². The van der Waals surface area contributed by atoms with Crippen molar-refractivity contribution in [3.8, 4) is 0 Å². The van der Waals surface area contributed by atoms with Gasteiger partial charge in [-0.1, -0.05) is 48.0 Å². The van der Waals surface area contributed by atoms with Crippen LogP contribution in [0.5, 0.6) is 0 Å². The molecular weight excluding hydrogens is 876 g/mol. The molecule has 27 heteroatoms. The van der Waals surface area contributed by atoms with Crippen molar-refractivity contribution in [3.05, 3.63) is 0 Å². The Morgan fingerprint density at radius 3 is 1.45 bits per heavy atom. The van der Waals surface area contributed by atoms with Gasteiger partial charge < -0.3 is 80.2 Å². The highest BCUT2D eigenvalue weighted by Gasteiger charge is 2.37. The topological polar surface area (TPSA) is 455 Å². The zero-order valence-electron chi connectivity index (χ0n) is 38.2. The summed E-state index contributed by atoms with van der Waals surface area (Å²) in [5.74, 6) is -14.5. The van der Waals surface area contributed by atoms with Crippen LogP contribution in [0.4, 0.5) is 0 Å². The van der Waals surface area contributed by atoms with E-state index in [0.29, 0.717) is 6.42 Å². The molecular formula is C39H68N12O15. The number of aliphatic hydroxyl groups is 1. The fourth-order valence-corrected chi connectivity index (χ4v) is 5.90. The molecule has 66 heavy (non-hydrogen) atoms. The first kappa shape index (κ1) is 59.4. The van der Waals surface area contributed by atoms with E-state index in [1.807, 2.05) is 0 Å². The molecule has 0 aromatic heterocycles. The lowest BCUT2D eigenvalue weighted by Gasteiger charge is -2.29. The number of nitrogens with two attached hydrogens (primary N) is 3. The Hall–Kier alpha value is -6.64. The monoisotopic (exact) mass is 944 g/mol. The van der Waals surface area contributed by atoms with E-state index in [2.05, 4.69) is 47.5 Å². The summed E-state index contributed by atoms with van der Waals surface area (Å²) in [7, 11) is 0. The Morgan fingerprint density at radius 1 is 0.561 bits per heavy atom. The zero-order valence-corrected chi connectivity index (χ0v) is 38.2. The molecule has 0 spiro atoms. The van der Waals surface area contributed by atoms with Crippen molar-refractivity contribution in [2.45, 2.75) is 135 Å². The number of hydrogen-bond acceptors (Lipinski definition) is 14. The number of nitrogens with zero attached hydrogens (tertiary/aromatic N) is 1. The number of nitrogens with one attached hydrogen (secondary N) is 8. The molecule has 0 heterocycles. The number of carboxylic acid groups (broad SMARTS) is 3. The molecule has 0 unspecified atom stereocenters. The summed E-state index contributed by atoms with van der Waals surface area (Å²) in [6, 6.07) is -12.5. The normalized spacial score (nSPS) is 15.1. The van der Waals surface area contributed by atoms with E-state index < -0.39 is 151 Å². The van der Waals surface area contributed by atoms with Crippen LogP contribution in [0.25, 0.3) is 0 Å². The van der Waals surface area contributed by atoms with Crippen LogP contribution in [0, 0.1) is 17.8 Å². The van der Waals surface area contributed by atoms with Crippen LogP contribution in [0.2, 0.25) is 0 Å². The van der Waals surface area contributed by atoms with Crippen LogP contribution < -0.4 is 59.7 Å². The number of carbonyl (C=O) groups excluding carboxylic acids is 8. The Morgan fingerprint density at radius 2 is 1.02 bits per heavy atom. The second kappa shape index (κ2) is 29.7. The molecule has 0 bridgehead atoms. The van der Waals surface area contributed by atoms with Gasteiger partial charge in [0.25, 0.3) is 0 Å². The minimum atomic E-state index is -2.02. The van der Waals surface area contributed by atoms with E-state index >= 15 is 0 Å². The van der Waals surface area contributed by atoms with Gasteiger partial charge in [0.05, 0.1) is 26.0 Å². The molecule has 0 fully saturated rings. The summed E-state index contributed by atoms with van der Waals surface area (Å²) >= 11 is 0. The molecule has 8 amide bonds. The van der Waals surface area contributed by atoms with Crippen LogP contribution in [0.15, 0.2) is 4.99 Å². The maximum absolute atomic E-state index is 13.7. The number of carboxylic acids is 3. The average Bonchev–Trinajstić information content (AvgIpc) is 3.22. The molecule has 0 aliphatic rings. The van der Waals surface area contributed by atoms with Gasteiger partial charge in [0, 0.05) is 6.54 Å². The molecule has 0 saturated carbocycles. The molecule has 0 saturated heterocycles. The average molecular weight is 945 g/mol. The van der Waals surface area contributed by atoms with Crippen molar-refractivity contribution in [2.75, 3.05) is 19.7 Å². The highest BCUT2D eigenvalue weighted by molar-refractivity contribution is 5.99. The Bertz CT molecular complexity index is 1760. The van der Waals surface area contributed by atoms with Crippen molar-refractivity contribution in [3.63, 3.8) is 0 Å². The number of amides is 8. The minimum absolute atomic E-state index is 0.0137. The summed E-state index contributed by atoms with van der Waals surface area (Å²) in [6.45, 7) is 9.60. The summed E-state index contributed by atoms with van der Waals surface area (Å²) in [5, 5.41) is 56.8. The van der Waals surface area contributed by atoms with Crippen LogP contribution in [0.3, 0.4) is 0 Å². The van der Waals surface area contributed by atoms with E-state index in [9.17, 15) is 73.2 Å². The molecule has 0 rings (SSSR count). The second-order valence-corrected chi connectivity index (χ2v) is 16.2. The summed E-state index contributed by atoms with van der Waals surface area (Å²) in [4.78, 5) is 145. The molecule has 0 aromatic rings. The van der Waals surface area contributed by atoms with Crippen LogP contribution in [-0.4, -0.2) is 160 Å². The lowest BCUT2D eigenvalue weighted by Crippen LogP contribution is -2.61. The molecule has 0 aliphatic heterocycles. The summed E-state index contributed by atoms with van der Waals surface area (Å²) in [5.41, 5.74) is 15.9. The highest BCUT2D eigenvalue weighted by atomic mass is 16.4. The first-order chi connectivity index (χ1) is 30.7. The molecule has 0 aliphatic carbocycles. The van der Waals surface area contributed by atoms with Gasteiger partial charge in [-0.15, -0.1) is 0 Å². The first-order valence-corrected chi connectivity index (χ1v) is 21.1. The smallest absolute Gasteiger partial charge is 0.326 e. The van der Waals surface area contributed by atoms with Crippen molar-refractivity contribution >= 4 is 71.1 Å². The highest BCUT2D eigenvalue weighted by Crippen LogP contribution is 2.13. The number of hydrogen-bond donors (Lipinski definition) is 15. The van der Waals surface area contributed by atoms with Crippen molar-refractivity contribution < 1.29 is 73.2 Å². The number of aliphatic carboxylic acids is 3. The van der Waals surface area contributed by atoms with Gasteiger partial charge >= 0.3 is 17.9 Å². The predicted octanol–water partition coefficient (Wildman–Crippen LogP) is -5.33. The largest absolute Gasteiger partial charge is 0.481 e. The van der Waals surface area contributed by atoms with Crippen molar-refractivity contribution in [1.82, 2.24) is 42.5 Å². The number of guanidine groups is 1. The molecule has 27 nitrogen and oxygen atoms in total. The van der Waals surface area contributed by atoms with Gasteiger partial charge in [0.1, 0.15) is 48.3 Å². The van der Waals surface area contributed by atoms with Gasteiger partial charge in [-0.25, -0.2) is 4.79 Å². The third-order valence-electron chi connectivity index (χ3n) is 9.74. The third-order valence-corrected chi connectivity index (χ3v) is 9.74. The van der Waals surface area contributed by atoms with Crippen molar-refractivity contribution in [1.29, 1.82) is 0 Å². The van der Waals surface area contributed by atoms with Gasteiger partial charge in [0.2, 0.25) is 47.3 Å². The summed E-state index contributed by atoms with van der Waals surface area (Å²) < 4.78 is 0. The quantitative estimate of drug-likeness (QED) is 0.0175. The standard InChI is InChI=1S/C39H68N12O15/c1-8-19(6)30(38(65)66)51-34(61)22(12-17(2)3)49-37(64)29(18(4)5)50-35(62)24(14-28(56)57)48-33(60)23(13-27(54)55)47-32(59)21(10-9-11-43-39(41)42)46-31(58)20(7)44-36(63)25(16-52)45-26(53)15-40/h17-25,29-30,52H,8-16,40H2,1-7H3,(H,44,63)(H,45,53)(H,46,58)(H,47,59)(H,48,60)(H,49,64)(H,50,62)(H,51,61)(H,54,55)(H,56,57)(H,65,66)(H4,41,42,43)/t19-,20-,21-,22-,23-,24-,25-,29-,30-/m0/s1. The number of aliphatic hydroxyl groups excluding tert-OH is 1. The predicted molar refractivity (Wildman–Crippen MR) is 233 cm³/mol. The Balaban J connectivity index is 6.50. The second-order valence-electron chi connectivity index (χ2n) is 16.2. The minimum Gasteiger partial charge on any atom is -0.481 e. The number of carbonyl (C=O) groups is 11. The van der Waals surface area contributed by atoms with E-state index in [0.717, 1.165) is 0 Å². The SMILES string of the molecule is CC[C@H](C)[C@H](NC(=O)[C@H](CC(C)C)NC(=O)[C@@H](NC(=O)[C@H](CC(=O)O)NC(=O)[C@H](CC(=O)O)NC(=O)[C@H](CCCN=C(N)N)NC(=O)[C@H](C)NC(=O)[C@H](CO)NC(=O)CN)C(C)C)C(=O)O. The lowest BCUT2D eigenvalue weighted by molar-refractivity contribution is -0.144. The lowest BCUT2D eigenvalue weighted by atomic mass is 9.97. The maximum atomic E-state index is 13.7. The van der Waals surface area contributed by atoms with Crippen LogP contribution in [-0.2, 0) is 52.7 Å². The first-order valence-electron chi connectivity index (χ1n) is 21.1. The summed E-state index contributed by atoms with van der Waals surface area (Å²) in [6.07, 6.45) is -2.01. The number of rotatable bonds is 31. The van der Waals surface area contributed by atoms with Crippen LogP contribution in [0.1, 0.15) is 87.0 Å². The van der Waals surface area contributed by atoms with Gasteiger partial charge in [-0.3, -0.25) is 52.9 Å². The maximum Gasteiger partial charge on any atom is 0.326 e. The van der Waals surface area contributed by atoms with E-state index in [4.69, 9.17) is 17.2 Å². The number of aliphatic imine (C=N–C) groups is 1. The van der Waals surface area contributed by atoms with Gasteiger partial charge in [-0.2, -0.15) is 0 Å². The molecule has 9 atom stereocenters. The fraction of sp³-hybridized carbons (Fsp3) is 0.692. The molecule has 374 valence electrons. The van der Waals surface area contributed by atoms with E-state index in [1.165, 1.54) is 20.8 Å². The molecule has 0 aromatic carbocycles. The Labute approximate surface area is 381 Å². The third kappa shape index (κ3) is 22.3. The molecule has 18 N–H and O–H groups in total. The Kier molecular flexibility index (Phi) is 26.7. The van der Waals surface area contributed by atoms with Crippen molar-refractivity contribution in [2.24, 2.45) is 39.9 Å². The molecule has 0 radical (unpaired) electrons. The van der Waals surface area contributed by atoms with Crippen LogP contribution >= 0.6 is 0 Å². The van der Waals surface area contributed by atoms with E-state index in [1.54, 1.807) is 27.7 Å². The van der Waals surface area contributed by atoms with Gasteiger partial charge in [0.15, 0.2) is 5.96 Å². The fourth-order valence-electron chi connectivity index (χ4n) is 5.90. The van der Waals surface area contributed by atoms with E-state index in [-0.39, 0.29) is 37.7 Å². The zero-order chi connectivity index (χ0) is 51.0.